The number of aromatic amines is 1. The van der Waals surface area contributed by atoms with Crippen molar-refractivity contribution in [3.05, 3.63) is 12.2 Å². The van der Waals surface area contributed by atoms with Crippen LogP contribution in [-0.2, 0) is 4.74 Å². The molecule has 1 aromatic heterocycles. The van der Waals surface area contributed by atoms with Gasteiger partial charge in [0.1, 0.15) is 12.2 Å². The van der Waals surface area contributed by atoms with Crippen LogP contribution in [0.3, 0.4) is 0 Å². The van der Waals surface area contributed by atoms with Gasteiger partial charge in [-0.3, -0.25) is 0 Å². The van der Waals surface area contributed by atoms with Crippen LogP contribution in [-0.4, -0.2) is 51.9 Å². The highest BCUT2D eigenvalue weighted by atomic mass is 16.5. The van der Waals surface area contributed by atoms with E-state index in [4.69, 9.17) is 4.74 Å². The highest BCUT2D eigenvalue weighted by Crippen LogP contribution is 2.29. The van der Waals surface area contributed by atoms with Crippen molar-refractivity contribution in [2.24, 2.45) is 0 Å². The molecule has 0 bridgehead atoms. The summed E-state index contributed by atoms with van der Waals surface area (Å²) in [6.07, 6.45) is 2.73. The summed E-state index contributed by atoms with van der Waals surface area (Å²) in [5.74, 6) is 1.45. The van der Waals surface area contributed by atoms with Crippen molar-refractivity contribution in [2.75, 3.05) is 20.2 Å². The monoisotopic (exact) mass is 238 g/mol. The molecule has 2 atom stereocenters. The molecule has 0 unspecified atom stereocenters. The Morgan fingerprint density at radius 3 is 2.88 bits per heavy atom. The van der Waals surface area contributed by atoms with Gasteiger partial charge < -0.3 is 14.6 Å². The Morgan fingerprint density at radius 1 is 1.53 bits per heavy atom. The van der Waals surface area contributed by atoms with E-state index >= 15 is 0 Å². The Hall–Kier alpha value is -0.940. The van der Waals surface area contributed by atoms with Crippen LogP contribution in [0.25, 0.3) is 0 Å². The lowest BCUT2D eigenvalue weighted by Crippen LogP contribution is -2.33. The van der Waals surface area contributed by atoms with Crippen LogP contribution >= 0.6 is 0 Å². The zero-order valence-electron chi connectivity index (χ0n) is 11.1. The Balaban J connectivity index is 1.89. The van der Waals surface area contributed by atoms with E-state index in [0.717, 1.165) is 25.4 Å². The van der Waals surface area contributed by atoms with Crippen LogP contribution in [0.4, 0.5) is 0 Å². The Labute approximate surface area is 103 Å². The fourth-order valence-corrected chi connectivity index (χ4v) is 2.23. The first-order chi connectivity index (χ1) is 7.96. The molecule has 0 amide bonds. The molecule has 2 heterocycles. The maximum absolute atomic E-state index is 5.86. The van der Waals surface area contributed by atoms with Gasteiger partial charge in [0.15, 0.2) is 0 Å². The fourth-order valence-electron chi connectivity index (χ4n) is 2.23. The number of rotatable bonds is 3. The van der Waals surface area contributed by atoms with Gasteiger partial charge in [0.05, 0.1) is 12.2 Å². The number of hydrogen-bond acceptors (Lipinski definition) is 4. The lowest BCUT2D eigenvalue weighted by atomic mass is 10.1. The van der Waals surface area contributed by atoms with Gasteiger partial charge in [-0.2, -0.15) is 0 Å². The van der Waals surface area contributed by atoms with Gasteiger partial charge in [0.25, 0.3) is 0 Å². The average Bonchev–Trinajstić information content (AvgIpc) is 2.82. The van der Waals surface area contributed by atoms with E-state index in [1.807, 2.05) is 0 Å². The molecule has 0 aromatic carbocycles. The Bertz CT molecular complexity index is 344. The average molecular weight is 238 g/mol. The number of hydrogen-bond donors (Lipinski definition) is 1. The van der Waals surface area contributed by atoms with Crippen LogP contribution in [0.5, 0.6) is 0 Å². The Morgan fingerprint density at radius 2 is 2.29 bits per heavy atom. The summed E-state index contributed by atoms with van der Waals surface area (Å²) in [5.41, 5.74) is -0.0643. The van der Waals surface area contributed by atoms with E-state index in [2.05, 4.69) is 47.9 Å². The van der Waals surface area contributed by atoms with E-state index in [0.29, 0.717) is 12.0 Å². The standard InChI is InChI=1S/C12H22N4O/c1-12(2,3)17-7-10-5-9(6-16(10)4)11-13-8-14-15-11/h8-10H,5-7H2,1-4H3,(H,13,14,15)/t9-,10+/m1/s1. The van der Waals surface area contributed by atoms with Crippen molar-refractivity contribution in [2.45, 2.75) is 44.8 Å². The van der Waals surface area contributed by atoms with E-state index < -0.39 is 0 Å². The molecule has 0 radical (unpaired) electrons. The molecule has 1 saturated heterocycles. The number of aromatic nitrogens is 3. The third-order valence-corrected chi connectivity index (χ3v) is 3.22. The van der Waals surface area contributed by atoms with Crippen LogP contribution in [0.15, 0.2) is 6.33 Å². The van der Waals surface area contributed by atoms with Crippen molar-refractivity contribution in [1.82, 2.24) is 20.1 Å². The number of nitrogens with one attached hydrogen (secondary N) is 1. The fraction of sp³-hybridized carbons (Fsp3) is 0.833. The molecule has 1 fully saturated rings. The maximum Gasteiger partial charge on any atom is 0.134 e. The van der Waals surface area contributed by atoms with E-state index in [9.17, 15) is 0 Å². The molecule has 1 aromatic rings. The predicted molar refractivity (Wildman–Crippen MR) is 65.9 cm³/mol. The minimum atomic E-state index is -0.0643. The summed E-state index contributed by atoms with van der Waals surface area (Å²) in [4.78, 5) is 5.45. The quantitative estimate of drug-likeness (QED) is 0.865. The van der Waals surface area contributed by atoms with E-state index in [1.54, 1.807) is 6.33 Å². The Kier molecular flexibility index (Phi) is 3.49. The van der Waals surface area contributed by atoms with E-state index in [1.165, 1.54) is 0 Å². The molecule has 1 aliphatic heterocycles. The van der Waals surface area contributed by atoms with Crippen LogP contribution in [0.1, 0.15) is 38.9 Å². The molecular weight excluding hydrogens is 216 g/mol. The van der Waals surface area contributed by atoms with Gasteiger partial charge in [0, 0.05) is 18.5 Å². The molecule has 2 rings (SSSR count). The SMILES string of the molecule is CN1C[C@H](c2nnc[nH]2)C[C@H]1COC(C)(C)C. The predicted octanol–water partition coefficient (Wildman–Crippen LogP) is 1.41. The number of H-pyrrole nitrogens is 1. The van der Waals surface area contributed by atoms with Crippen molar-refractivity contribution in [3.63, 3.8) is 0 Å². The molecule has 1 aliphatic rings. The van der Waals surface area contributed by atoms with Crippen molar-refractivity contribution < 1.29 is 4.74 Å². The van der Waals surface area contributed by atoms with Crippen LogP contribution in [0, 0.1) is 0 Å². The van der Waals surface area contributed by atoms with Crippen molar-refractivity contribution in [1.29, 1.82) is 0 Å². The number of ether oxygens (including phenoxy) is 1. The number of likely N-dealkylation sites (N-methyl/N-ethyl adjacent to an activating group) is 1. The van der Waals surface area contributed by atoms with Crippen LogP contribution in [0.2, 0.25) is 0 Å². The van der Waals surface area contributed by atoms with Crippen molar-refractivity contribution >= 4 is 0 Å². The first-order valence-corrected chi connectivity index (χ1v) is 6.16. The first-order valence-electron chi connectivity index (χ1n) is 6.16. The van der Waals surface area contributed by atoms with E-state index in [-0.39, 0.29) is 5.60 Å². The number of nitrogens with zero attached hydrogens (tertiary/aromatic N) is 3. The highest BCUT2D eigenvalue weighted by Gasteiger charge is 2.32. The van der Waals surface area contributed by atoms with Gasteiger partial charge in [0.2, 0.25) is 0 Å². The third-order valence-electron chi connectivity index (χ3n) is 3.22. The van der Waals surface area contributed by atoms with Crippen LogP contribution < -0.4 is 0 Å². The molecule has 0 saturated carbocycles. The van der Waals surface area contributed by atoms with Gasteiger partial charge in [-0.1, -0.05) is 0 Å². The zero-order chi connectivity index (χ0) is 12.5. The molecule has 96 valence electrons. The van der Waals surface area contributed by atoms with Gasteiger partial charge >= 0.3 is 0 Å². The molecule has 0 aliphatic carbocycles. The second-order valence-corrected chi connectivity index (χ2v) is 5.82. The third kappa shape index (κ3) is 3.26. The maximum atomic E-state index is 5.86. The largest absolute Gasteiger partial charge is 0.374 e. The normalized spacial score (nSPS) is 26.6. The molecule has 5 nitrogen and oxygen atoms in total. The minimum Gasteiger partial charge on any atom is -0.374 e. The molecule has 5 heteroatoms. The summed E-state index contributed by atoms with van der Waals surface area (Å²) < 4.78 is 5.86. The lowest BCUT2D eigenvalue weighted by Gasteiger charge is -2.25. The molecular formula is C12H22N4O. The molecule has 17 heavy (non-hydrogen) atoms. The second kappa shape index (κ2) is 4.74. The number of likely N-dealkylation sites (tertiary alicyclic amines) is 1. The summed E-state index contributed by atoms with van der Waals surface area (Å²) in [5, 5.41) is 7.95. The minimum absolute atomic E-state index is 0.0643. The topological polar surface area (TPSA) is 54.0 Å². The molecule has 0 spiro atoms. The first kappa shape index (κ1) is 12.5. The smallest absolute Gasteiger partial charge is 0.134 e. The summed E-state index contributed by atoms with van der Waals surface area (Å²) in [6, 6.07) is 0.476. The van der Waals surface area contributed by atoms with Gasteiger partial charge in [-0.05, 0) is 34.2 Å². The summed E-state index contributed by atoms with van der Waals surface area (Å²) >= 11 is 0. The molecule has 1 N–H and O–H groups in total. The lowest BCUT2D eigenvalue weighted by molar-refractivity contribution is -0.0252. The summed E-state index contributed by atoms with van der Waals surface area (Å²) in [7, 11) is 2.15. The zero-order valence-corrected chi connectivity index (χ0v) is 11.1. The van der Waals surface area contributed by atoms with Gasteiger partial charge in [-0.25, -0.2) is 0 Å². The highest BCUT2D eigenvalue weighted by molar-refractivity contribution is 5.01. The second-order valence-electron chi connectivity index (χ2n) is 5.82. The summed E-state index contributed by atoms with van der Waals surface area (Å²) in [6.45, 7) is 8.08. The van der Waals surface area contributed by atoms with Crippen molar-refractivity contribution in [3.8, 4) is 0 Å². The van der Waals surface area contributed by atoms with Gasteiger partial charge in [-0.15, -0.1) is 10.2 Å².